The topological polar surface area (TPSA) is 42.7 Å². The number of hydrogen-bond acceptors (Lipinski definition) is 3. The van der Waals surface area contributed by atoms with Crippen molar-refractivity contribution >= 4 is 23.2 Å². The van der Waals surface area contributed by atoms with Crippen molar-refractivity contribution in [2.75, 3.05) is 0 Å². The highest BCUT2D eigenvalue weighted by Gasteiger charge is 2.16. The van der Waals surface area contributed by atoms with Crippen LogP contribution in [0.4, 0.5) is 0 Å². The first-order valence-corrected chi connectivity index (χ1v) is 7.06. The molecule has 0 spiro atoms. The van der Waals surface area contributed by atoms with Gasteiger partial charge in [0.1, 0.15) is 11.6 Å². The summed E-state index contributed by atoms with van der Waals surface area (Å²) in [6, 6.07) is 5.54. The SMILES string of the molecule is Clc1cccc(Cl)c1CNCc1nnc2n1CCC2. The van der Waals surface area contributed by atoms with E-state index in [1.54, 1.807) is 0 Å². The quantitative estimate of drug-likeness (QED) is 0.943. The van der Waals surface area contributed by atoms with Gasteiger partial charge in [-0.05, 0) is 18.6 Å². The molecule has 0 saturated heterocycles. The molecule has 0 saturated carbocycles. The number of halogens is 2. The van der Waals surface area contributed by atoms with Gasteiger partial charge < -0.3 is 9.88 Å². The van der Waals surface area contributed by atoms with Gasteiger partial charge in [0, 0.05) is 35.1 Å². The van der Waals surface area contributed by atoms with Crippen LogP contribution in [0, 0.1) is 0 Å². The summed E-state index contributed by atoms with van der Waals surface area (Å²) in [5.74, 6) is 2.07. The Morgan fingerprint density at radius 2 is 1.95 bits per heavy atom. The summed E-state index contributed by atoms with van der Waals surface area (Å²) < 4.78 is 2.18. The van der Waals surface area contributed by atoms with E-state index in [0.717, 1.165) is 36.6 Å². The lowest BCUT2D eigenvalue weighted by atomic mass is 10.2. The first-order valence-electron chi connectivity index (χ1n) is 6.30. The zero-order chi connectivity index (χ0) is 13.2. The molecule has 0 amide bonds. The Labute approximate surface area is 121 Å². The third kappa shape index (κ3) is 2.61. The summed E-state index contributed by atoms with van der Waals surface area (Å²) >= 11 is 12.3. The van der Waals surface area contributed by atoms with E-state index in [2.05, 4.69) is 20.1 Å². The number of rotatable bonds is 4. The minimum atomic E-state index is 0.626. The molecule has 19 heavy (non-hydrogen) atoms. The van der Waals surface area contributed by atoms with Gasteiger partial charge in [0.25, 0.3) is 0 Å². The van der Waals surface area contributed by atoms with Gasteiger partial charge in [0.15, 0.2) is 0 Å². The van der Waals surface area contributed by atoms with Crippen LogP contribution < -0.4 is 5.32 Å². The zero-order valence-electron chi connectivity index (χ0n) is 10.4. The molecule has 0 atom stereocenters. The highest BCUT2D eigenvalue weighted by atomic mass is 35.5. The molecule has 0 radical (unpaired) electrons. The van der Waals surface area contributed by atoms with Crippen molar-refractivity contribution in [3.05, 3.63) is 45.5 Å². The van der Waals surface area contributed by atoms with Crippen LogP contribution in [0.1, 0.15) is 23.6 Å². The molecule has 2 heterocycles. The fraction of sp³-hybridized carbons (Fsp3) is 0.385. The highest BCUT2D eigenvalue weighted by Crippen LogP contribution is 2.24. The number of aromatic nitrogens is 3. The first-order chi connectivity index (χ1) is 9.25. The Hall–Kier alpha value is -1.10. The molecular weight excluding hydrogens is 283 g/mol. The van der Waals surface area contributed by atoms with E-state index in [-0.39, 0.29) is 0 Å². The monoisotopic (exact) mass is 296 g/mol. The van der Waals surface area contributed by atoms with Gasteiger partial charge in [-0.3, -0.25) is 0 Å². The van der Waals surface area contributed by atoms with Crippen molar-refractivity contribution in [2.45, 2.75) is 32.5 Å². The fourth-order valence-corrected chi connectivity index (χ4v) is 2.87. The minimum absolute atomic E-state index is 0.626. The van der Waals surface area contributed by atoms with Gasteiger partial charge in [0.2, 0.25) is 0 Å². The first kappa shape index (κ1) is 12.9. The van der Waals surface area contributed by atoms with E-state index in [9.17, 15) is 0 Å². The van der Waals surface area contributed by atoms with Gasteiger partial charge in [-0.2, -0.15) is 0 Å². The summed E-state index contributed by atoms with van der Waals surface area (Å²) in [7, 11) is 0. The number of nitrogens with zero attached hydrogens (tertiary/aromatic N) is 3. The maximum Gasteiger partial charge on any atom is 0.147 e. The van der Waals surface area contributed by atoms with E-state index < -0.39 is 0 Å². The zero-order valence-corrected chi connectivity index (χ0v) is 11.9. The number of hydrogen-bond donors (Lipinski definition) is 1. The smallest absolute Gasteiger partial charge is 0.147 e. The van der Waals surface area contributed by atoms with Crippen molar-refractivity contribution in [3.63, 3.8) is 0 Å². The van der Waals surface area contributed by atoms with Crippen molar-refractivity contribution in [1.29, 1.82) is 0 Å². The Kier molecular flexibility index (Phi) is 3.73. The Bertz CT molecular complexity index is 574. The average Bonchev–Trinajstić information content (AvgIpc) is 2.97. The Morgan fingerprint density at radius 1 is 1.16 bits per heavy atom. The maximum atomic E-state index is 6.13. The van der Waals surface area contributed by atoms with E-state index in [4.69, 9.17) is 23.2 Å². The van der Waals surface area contributed by atoms with Gasteiger partial charge in [-0.15, -0.1) is 10.2 Å². The van der Waals surface area contributed by atoms with Gasteiger partial charge >= 0.3 is 0 Å². The third-order valence-electron chi connectivity index (χ3n) is 3.33. The number of fused-ring (bicyclic) bond motifs is 1. The average molecular weight is 297 g/mol. The minimum Gasteiger partial charge on any atom is -0.314 e. The largest absolute Gasteiger partial charge is 0.314 e. The van der Waals surface area contributed by atoms with Crippen LogP contribution >= 0.6 is 23.2 Å². The van der Waals surface area contributed by atoms with Crippen molar-refractivity contribution < 1.29 is 0 Å². The van der Waals surface area contributed by atoms with E-state index in [1.807, 2.05) is 18.2 Å². The lowest BCUT2D eigenvalue weighted by Crippen LogP contribution is -2.17. The van der Waals surface area contributed by atoms with Crippen LogP contribution in [-0.2, 0) is 26.1 Å². The second kappa shape index (κ2) is 5.49. The molecule has 0 bridgehead atoms. The Balaban J connectivity index is 1.64. The highest BCUT2D eigenvalue weighted by molar-refractivity contribution is 6.35. The van der Waals surface area contributed by atoms with Gasteiger partial charge in [-0.25, -0.2) is 0 Å². The molecule has 1 aliphatic heterocycles. The van der Waals surface area contributed by atoms with Crippen LogP contribution in [0.5, 0.6) is 0 Å². The summed E-state index contributed by atoms with van der Waals surface area (Å²) in [6.07, 6.45) is 2.19. The predicted molar refractivity (Wildman–Crippen MR) is 75.3 cm³/mol. The lowest BCUT2D eigenvalue weighted by molar-refractivity contribution is 0.610. The molecule has 2 aromatic rings. The molecule has 100 valence electrons. The molecule has 1 aliphatic rings. The molecular formula is C13H14Cl2N4. The van der Waals surface area contributed by atoms with Crippen LogP contribution in [0.15, 0.2) is 18.2 Å². The van der Waals surface area contributed by atoms with E-state index in [1.165, 1.54) is 0 Å². The van der Waals surface area contributed by atoms with Gasteiger partial charge in [0.05, 0.1) is 6.54 Å². The van der Waals surface area contributed by atoms with E-state index in [0.29, 0.717) is 23.1 Å². The summed E-state index contributed by atoms with van der Waals surface area (Å²) in [5.41, 5.74) is 0.923. The van der Waals surface area contributed by atoms with Gasteiger partial charge in [-0.1, -0.05) is 29.3 Å². The van der Waals surface area contributed by atoms with E-state index >= 15 is 0 Å². The van der Waals surface area contributed by atoms with Crippen molar-refractivity contribution in [3.8, 4) is 0 Å². The molecule has 0 unspecified atom stereocenters. The maximum absolute atomic E-state index is 6.13. The second-order valence-electron chi connectivity index (χ2n) is 4.59. The normalized spacial score (nSPS) is 13.8. The fourth-order valence-electron chi connectivity index (χ4n) is 2.34. The van der Waals surface area contributed by atoms with Crippen molar-refractivity contribution in [1.82, 2.24) is 20.1 Å². The van der Waals surface area contributed by atoms with Crippen LogP contribution in [0.2, 0.25) is 10.0 Å². The molecule has 6 heteroatoms. The molecule has 4 nitrogen and oxygen atoms in total. The lowest BCUT2D eigenvalue weighted by Gasteiger charge is -2.08. The number of benzene rings is 1. The predicted octanol–water partition coefficient (Wildman–Crippen LogP) is 2.82. The Morgan fingerprint density at radius 3 is 2.74 bits per heavy atom. The van der Waals surface area contributed by atoms with Crippen LogP contribution in [0.25, 0.3) is 0 Å². The van der Waals surface area contributed by atoms with Crippen molar-refractivity contribution in [2.24, 2.45) is 0 Å². The number of nitrogens with one attached hydrogen (secondary N) is 1. The molecule has 3 rings (SSSR count). The number of aryl methyl sites for hydroxylation is 1. The molecule has 1 N–H and O–H groups in total. The van der Waals surface area contributed by atoms with Crippen LogP contribution in [-0.4, -0.2) is 14.8 Å². The summed E-state index contributed by atoms with van der Waals surface area (Å²) in [4.78, 5) is 0. The molecule has 0 aliphatic carbocycles. The molecule has 1 aromatic carbocycles. The van der Waals surface area contributed by atoms with Crippen LogP contribution in [0.3, 0.4) is 0 Å². The standard InChI is InChI=1S/C13H14Cl2N4/c14-10-3-1-4-11(15)9(10)7-16-8-13-18-17-12-5-2-6-19(12)13/h1,3-4,16H,2,5-8H2. The summed E-state index contributed by atoms with van der Waals surface area (Å²) in [6.45, 7) is 2.32. The third-order valence-corrected chi connectivity index (χ3v) is 4.04. The molecule has 1 aromatic heterocycles. The second-order valence-corrected chi connectivity index (χ2v) is 5.41. The molecule has 0 fully saturated rings. The summed E-state index contributed by atoms with van der Waals surface area (Å²) in [5, 5.41) is 13.1.